The van der Waals surface area contributed by atoms with Crippen molar-refractivity contribution in [1.82, 2.24) is 0 Å². The summed E-state index contributed by atoms with van der Waals surface area (Å²) in [5.74, 6) is -0.188. The van der Waals surface area contributed by atoms with E-state index in [0.29, 0.717) is 37.2 Å². The van der Waals surface area contributed by atoms with Crippen molar-refractivity contribution >= 4 is 23.9 Å². The molecule has 0 fully saturated rings. The fourth-order valence-electron chi connectivity index (χ4n) is 20.3. The maximum atomic E-state index is 11.9. The molecule has 2 aromatic rings. The van der Waals surface area contributed by atoms with Crippen LogP contribution in [0.3, 0.4) is 0 Å². The second kappa shape index (κ2) is 114. The Balaban J connectivity index is 0.00000133. The number of hydrogen-bond acceptors (Lipinski definition) is 6. The zero-order valence-corrected chi connectivity index (χ0v) is 89.2. The van der Waals surface area contributed by atoms with Gasteiger partial charge in [0.1, 0.15) is 11.5 Å². The maximum absolute atomic E-state index is 11.9. The van der Waals surface area contributed by atoms with E-state index >= 15 is 0 Å². The predicted octanol–water partition coefficient (Wildman–Crippen LogP) is 43.9. The van der Waals surface area contributed by atoms with E-state index in [1.54, 1.807) is 0 Å². The van der Waals surface area contributed by atoms with Gasteiger partial charge in [0.25, 0.3) is 0 Å². The Morgan fingerprint density at radius 3 is 0.301 bits per heavy atom. The molecule has 0 unspecified atom stereocenters. The summed E-state index contributed by atoms with van der Waals surface area (Å²) >= 11 is 0. The van der Waals surface area contributed by atoms with Gasteiger partial charge in [-0.15, -0.1) is 0 Å². The van der Waals surface area contributed by atoms with Crippen LogP contribution in [0.2, 0.25) is 0 Å². The van der Waals surface area contributed by atoms with Crippen LogP contribution in [0.15, 0.2) is 60.7 Å². The lowest BCUT2D eigenvalue weighted by Gasteiger charge is -2.05. The molecule has 0 spiro atoms. The second-order valence-electron chi connectivity index (χ2n) is 42.5. The Kier molecular flexibility index (Phi) is 109. The molecule has 0 atom stereocenters. The second-order valence-corrected chi connectivity index (χ2v) is 42.5. The Morgan fingerprint density at radius 1 is 0.128 bits per heavy atom. The Morgan fingerprint density at radius 2 is 0.211 bits per heavy atom. The number of carbonyl (C=O) groups excluding carboxylic acids is 2. The molecule has 8 nitrogen and oxygen atoms in total. The van der Waals surface area contributed by atoms with Crippen molar-refractivity contribution in [2.75, 3.05) is 0 Å². The molecule has 133 heavy (non-hydrogen) atoms. The molecule has 2 rings (SSSR count). The highest BCUT2D eigenvalue weighted by Gasteiger charge is 2.10. The van der Waals surface area contributed by atoms with Crippen molar-refractivity contribution in [1.29, 1.82) is 0 Å². The molecule has 0 aromatic heterocycles. The molecule has 0 bridgehead atoms. The Hall–Kier alpha value is -3.68. The lowest BCUT2D eigenvalue weighted by atomic mass is 10.0. The largest absolute Gasteiger partial charge is 0.481 e. The minimum absolute atomic E-state index is 0.101. The van der Waals surface area contributed by atoms with Gasteiger partial charge in [0, 0.05) is 25.7 Å². The number of carboxylic acid groups (broad SMARTS) is 2. The summed E-state index contributed by atoms with van der Waals surface area (Å²) < 4.78 is 10.7. The summed E-state index contributed by atoms with van der Waals surface area (Å²) in [5, 5.41) is 17.4. The third-order valence-electron chi connectivity index (χ3n) is 29.2. The van der Waals surface area contributed by atoms with Crippen LogP contribution in [0.5, 0.6) is 11.5 Å². The molecule has 0 aliphatic rings. The zero-order chi connectivity index (χ0) is 95.0. The number of aliphatic carboxylic acids is 2. The standard InChI is InChI=1S/C63H116O4.C62H114O4/c64-62(65)59-55-50-48-46-44-42-40-38-36-34-32-30-28-26-24-22-20-18-16-14-12-10-8-6-4-2-1-3-5-7-9-11-13-15-17-19-21-23-25-27-29-31-33-35-37-39-41-43-45-47-49-51-56-60-63(66)67-61-57-53-52-54-58-61;63-61(64)58-54-49-47-45-43-41-39-37-35-33-31-29-27-25-23-21-19-17-15-13-11-9-7-5-3-1-2-4-6-8-10-12-14-16-18-20-22-24-26-28-30-32-34-36-38-40-42-44-46-48-50-55-59-62(65)66-60-56-52-51-53-57-60/h52-54,57-58H,1-51,55-56,59-60H2,(H,64,65);51-53,56-57H,1-50,54-55,58-59H2,(H,63,64). The summed E-state index contributed by atoms with van der Waals surface area (Å²) in [4.78, 5) is 44.9. The molecule has 0 saturated carbocycles. The lowest BCUT2D eigenvalue weighted by Crippen LogP contribution is -2.07. The minimum Gasteiger partial charge on any atom is -0.481 e. The molecule has 0 radical (unpaired) electrons. The van der Waals surface area contributed by atoms with Gasteiger partial charge in [-0.2, -0.15) is 0 Å². The van der Waals surface area contributed by atoms with Gasteiger partial charge < -0.3 is 19.7 Å². The number of ether oxygens (including phenoxy) is 2. The topological polar surface area (TPSA) is 127 Å². The molecule has 0 aliphatic carbocycles. The lowest BCUT2D eigenvalue weighted by molar-refractivity contribution is -0.138. The van der Waals surface area contributed by atoms with Gasteiger partial charge in [0.15, 0.2) is 0 Å². The van der Waals surface area contributed by atoms with E-state index in [9.17, 15) is 19.2 Å². The summed E-state index contributed by atoms with van der Waals surface area (Å²) in [5.41, 5.74) is 0. The Labute approximate surface area is 829 Å². The highest BCUT2D eigenvalue weighted by Crippen LogP contribution is 2.26. The Bertz CT molecular complexity index is 2530. The molecule has 778 valence electrons. The van der Waals surface area contributed by atoms with E-state index in [-0.39, 0.29) is 11.9 Å². The third kappa shape index (κ3) is 112. The van der Waals surface area contributed by atoms with Crippen LogP contribution >= 0.6 is 0 Å². The number of esters is 2. The van der Waals surface area contributed by atoms with Crippen molar-refractivity contribution < 1.29 is 38.9 Å². The van der Waals surface area contributed by atoms with Gasteiger partial charge in [0.2, 0.25) is 0 Å². The van der Waals surface area contributed by atoms with Crippen LogP contribution in [0, 0.1) is 0 Å². The number of carboxylic acids is 2. The van der Waals surface area contributed by atoms with Gasteiger partial charge in [-0.25, -0.2) is 0 Å². The first-order valence-corrected chi connectivity index (χ1v) is 60.8. The summed E-state index contributed by atoms with van der Waals surface area (Å²) in [6, 6.07) is 18.8. The average Bonchev–Trinajstić information content (AvgIpc) is 0.944. The van der Waals surface area contributed by atoms with Crippen LogP contribution in [0.1, 0.15) is 700 Å². The fourth-order valence-corrected chi connectivity index (χ4v) is 20.3. The molecule has 0 amide bonds. The number of rotatable bonds is 113. The van der Waals surface area contributed by atoms with Crippen molar-refractivity contribution in [3.63, 3.8) is 0 Å². The number of unbranched alkanes of at least 4 members (excludes halogenated alkanes) is 103. The first kappa shape index (κ1) is 127. The van der Waals surface area contributed by atoms with Crippen LogP contribution in [-0.4, -0.2) is 34.1 Å². The van der Waals surface area contributed by atoms with Crippen molar-refractivity contribution in [3.05, 3.63) is 60.7 Å². The minimum atomic E-state index is -0.648. The van der Waals surface area contributed by atoms with Gasteiger partial charge in [0.05, 0.1) is 0 Å². The van der Waals surface area contributed by atoms with E-state index in [0.717, 1.165) is 51.4 Å². The van der Waals surface area contributed by atoms with Crippen molar-refractivity contribution in [3.8, 4) is 11.5 Å². The molecular formula is C125H230O8. The van der Waals surface area contributed by atoms with Crippen molar-refractivity contribution in [2.45, 2.75) is 700 Å². The van der Waals surface area contributed by atoms with Gasteiger partial charge in [-0.1, -0.05) is 685 Å². The smallest absolute Gasteiger partial charge is 0.311 e. The van der Waals surface area contributed by atoms with E-state index in [1.807, 2.05) is 60.7 Å². The molecule has 0 heterocycles. The summed E-state index contributed by atoms with van der Waals surface area (Å²) in [7, 11) is 0. The number of hydrogen-bond donors (Lipinski definition) is 2. The monoisotopic (exact) mass is 1860 g/mol. The first-order valence-electron chi connectivity index (χ1n) is 60.8. The van der Waals surface area contributed by atoms with Crippen LogP contribution in [0.25, 0.3) is 0 Å². The van der Waals surface area contributed by atoms with Crippen molar-refractivity contribution in [2.24, 2.45) is 0 Å². The van der Waals surface area contributed by atoms with Crippen LogP contribution in [0.4, 0.5) is 0 Å². The van der Waals surface area contributed by atoms with E-state index in [1.165, 1.54) is 623 Å². The first-order chi connectivity index (χ1) is 65.9. The highest BCUT2D eigenvalue weighted by molar-refractivity contribution is 5.72. The molecule has 8 heteroatoms. The number of para-hydroxylation sites is 2. The van der Waals surface area contributed by atoms with Gasteiger partial charge >= 0.3 is 23.9 Å². The number of benzene rings is 2. The molecule has 0 saturated heterocycles. The molecule has 2 N–H and O–H groups in total. The van der Waals surface area contributed by atoms with E-state index in [2.05, 4.69) is 0 Å². The fraction of sp³-hybridized carbons (Fsp3) is 0.872. The van der Waals surface area contributed by atoms with E-state index < -0.39 is 11.9 Å². The van der Waals surface area contributed by atoms with Gasteiger partial charge in [-0.05, 0) is 49.9 Å². The SMILES string of the molecule is O=C(O)CCCCCCCCCCCCCCCCCCCCCCCCCCCCCCCCCCCCCCCCCCCCCCCCCCCCCCC(=O)Oc1ccccc1.O=C(O)CCCCCCCCCCCCCCCCCCCCCCCCCCCCCCCCCCCCCCCCCCCCCCCCCCCCCCCC(=O)Oc1ccccc1. The predicted molar refractivity (Wildman–Crippen MR) is 583 cm³/mol. The zero-order valence-electron chi connectivity index (χ0n) is 89.2. The maximum Gasteiger partial charge on any atom is 0.311 e. The van der Waals surface area contributed by atoms with E-state index in [4.69, 9.17) is 19.7 Å². The molecule has 0 aliphatic heterocycles. The normalized spacial score (nSPS) is 11.5. The number of carbonyl (C=O) groups is 4. The van der Waals surface area contributed by atoms with Crippen LogP contribution in [-0.2, 0) is 19.2 Å². The highest BCUT2D eigenvalue weighted by atomic mass is 16.5. The quantitative estimate of drug-likeness (QED) is 0.0381. The summed E-state index contributed by atoms with van der Waals surface area (Å²) in [6.45, 7) is 0. The molecular weight excluding hydrogens is 1630 g/mol. The van der Waals surface area contributed by atoms with Gasteiger partial charge in [-0.3, -0.25) is 19.2 Å². The average molecular weight is 1860 g/mol. The summed E-state index contributed by atoms with van der Waals surface area (Å²) in [6.07, 6.45) is 149. The molecule has 2 aromatic carbocycles. The van der Waals surface area contributed by atoms with Crippen LogP contribution < -0.4 is 9.47 Å². The third-order valence-corrected chi connectivity index (χ3v) is 29.2.